The first kappa shape index (κ1) is 16.2. The number of hydrogen-bond acceptors (Lipinski definition) is 5. The number of hydrogen-bond donors (Lipinski definition) is 0. The predicted octanol–water partition coefficient (Wildman–Crippen LogP) is 2.61. The van der Waals surface area contributed by atoms with Crippen LogP contribution in [-0.2, 0) is 0 Å². The standard InChI is InChI=1S/C20H28N6/c1-2-5-16(6-3-1)10-24-11-17-13-25(14-18(17)12-24)19-9-20(22-15-21-19)26-8-4-7-23-26/h4,7-9,15-18H,1-3,5-6,10-14H2. The maximum absolute atomic E-state index is 4.53. The van der Waals surface area contributed by atoms with Gasteiger partial charge in [0.25, 0.3) is 0 Å². The molecule has 3 fully saturated rings. The summed E-state index contributed by atoms with van der Waals surface area (Å²) in [7, 11) is 0. The van der Waals surface area contributed by atoms with Crippen LogP contribution in [0.4, 0.5) is 5.82 Å². The molecule has 0 amide bonds. The molecule has 6 heteroatoms. The summed E-state index contributed by atoms with van der Waals surface area (Å²) in [6.45, 7) is 6.14. The van der Waals surface area contributed by atoms with Crippen LogP contribution >= 0.6 is 0 Å². The van der Waals surface area contributed by atoms with E-state index >= 15 is 0 Å². The zero-order valence-electron chi connectivity index (χ0n) is 15.4. The van der Waals surface area contributed by atoms with Gasteiger partial charge in [0.1, 0.15) is 12.1 Å². The molecule has 6 nitrogen and oxygen atoms in total. The van der Waals surface area contributed by atoms with Crippen molar-refractivity contribution in [2.24, 2.45) is 17.8 Å². The van der Waals surface area contributed by atoms with E-state index in [1.165, 1.54) is 51.7 Å². The molecule has 2 unspecified atom stereocenters. The fraction of sp³-hybridized carbons (Fsp3) is 0.650. The molecule has 1 saturated carbocycles. The second kappa shape index (κ2) is 6.99. The Balaban J connectivity index is 1.21. The van der Waals surface area contributed by atoms with Crippen LogP contribution < -0.4 is 4.90 Å². The molecule has 2 aliphatic heterocycles. The Bertz CT molecular complexity index is 710. The molecule has 26 heavy (non-hydrogen) atoms. The van der Waals surface area contributed by atoms with Gasteiger partial charge in [-0.25, -0.2) is 14.6 Å². The first-order chi connectivity index (χ1) is 12.8. The van der Waals surface area contributed by atoms with Crippen molar-refractivity contribution in [1.29, 1.82) is 0 Å². The molecule has 0 N–H and O–H groups in total. The molecule has 4 heterocycles. The Morgan fingerprint density at radius 1 is 0.923 bits per heavy atom. The van der Waals surface area contributed by atoms with Crippen LogP contribution in [0.2, 0.25) is 0 Å². The average molecular weight is 352 g/mol. The number of anilines is 1. The lowest BCUT2D eigenvalue weighted by Crippen LogP contribution is -2.33. The Hall–Kier alpha value is -1.95. The second-order valence-electron chi connectivity index (χ2n) is 8.33. The zero-order valence-corrected chi connectivity index (χ0v) is 15.4. The predicted molar refractivity (Wildman–Crippen MR) is 101 cm³/mol. The monoisotopic (exact) mass is 352 g/mol. The van der Waals surface area contributed by atoms with Gasteiger partial charge in [-0.15, -0.1) is 0 Å². The van der Waals surface area contributed by atoms with Gasteiger partial charge in [0.05, 0.1) is 0 Å². The lowest BCUT2D eigenvalue weighted by molar-refractivity contribution is 0.224. The Labute approximate surface area is 155 Å². The number of nitrogens with zero attached hydrogens (tertiary/aromatic N) is 6. The first-order valence-corrected chi connectivity index (χ1v) is 10.1. The maximum Gasteiger partial charge on any atom is 0.158 e. The molecule has 138 valence electrons. The van der Waals surface area contributed by atoms with Gasteiger partial charge >= 0.3 is 0 Å². The van der Waals surface area contributed by atoms with Crippen molar-refractivity contribution in [3.63, 3.8) is 0 Å². The summed E-state index contributed by atoms with van der Waals surface area (Å²) < 4.78 is 1.80. The van der Waals surface area contributed by atoms with E-state index in [-0.39, 0.29) is 0 Å². The van der Waals surface area contributed by atoms with E-state index < -0.39 is 0 Å². The van der Waals surface area contributed by atoms with E-state index in [2.05, 4.69) is 30.9 Å². The van der Waals surface area contributed by atoms with E-state index in [9.17, 15) is 0 Å². The van der Waals surface area contributed by atoms with Crippen LogP contribution in [0, 0.1) is 17.8 Å². The van der Waals surface area contributed by atoms with Gasteiger partial charge in [-0.1, -0.05) is 19.3 Å². The minimum absolute atomic E-state index is 0.793. The highest BCUT2D eigenvalue weighted by molar-refractivity contribution is 5.44. The summed E-state index contributed by atoms with van der Waals surface area (Å²) in [6, 6.07) is 3.98. The average Bonchev–Trinajstić information content (AvgIpc) is 3.39. The Morgan fingerprint density at radius 3 is 2.42 bits per heavy atom. The van der Waals surface area contributed by atoms with Gasteiger partial charge in [0, 0.05) is 51.2 Å². The smallest absolute Gasteiger partial charge is 0.158 e. The van der Waals surface area contributed by atoms with Crippen molar-refractivity contribution in [2.45, 2.75) is 32.1 Å². The molecular weight excluding hydrogens is 324 g/mol. The molecule has 2 atom stereocenters. The van der Waals surface area contributed by atoms with Crippen molar-refractivity contribution in [2.75, 3.05) is 37.6 Å². The molecule has 2 saturated heterocycles. The van der Waals surface area contributed by atoms with Gasteiger partial charge in [-0.3, -0.25) is 0 Å². The molecule has 5 rings (SSSR count). The van der Waals surface area contributed by atoms with Gasteiger partial charge in [0.15, 0.2) is 5.82 Å². The molecule has 0 bridgehead atoms. The normalized spacial score (nSPS) is 27.2. The minimum Gasteiger partial charge on any atom is -0.356 e. The van der Waals surface area contributed by atoms with Crippen molar-refractivity contribution < 1.29 is 0 Å². The summed E-state index contributed by atoms with van der Waals surface area (Å²) in [5.74, 6) is 4.43. The number of aromatic nitrogens is 4. The lowest BCUT2D eigenvalue weighted by Gasteiger charge is -2.28. The topological polar surface area (TPSA) is 50.1 Å². The van der Waals surface area contributed by atoms with E-state index in [4.69, 9.17) is 0 Å². The Kier molecular flexibility index (Phi) is 4.36. The van der Waals surface area contributed by atoms with Crippen LogP contribution in [0.1, 0.15) is 32.1 Å². The van der Waals surface area contributed by atoms with Gasteiger partial charge in [-0.05, 0) is 36.7 Å². The molecule has 3 aliphatic rings. The molecule has 2 aromatic heterocycles. The first-order valence-electron chi connectivity index (χ1n) is 10.1. The van der Waals surface area contributed by atoms with E-state index in [1.54, 1.807) is 17.2 Å². The number of rotatable bonds is 4. The minimum atomic E-state index is 0.793. The third-order valence-electron chi connectivity index (χ3n) is 6.50. The molecule has 0 spiro atoms. The number of fused-ring (bicyclic) bond motifs is 1. The highest BCUT2D eigenvalue weighted by Crippen LogP contribution is 2.35. The van der Waals surface area contributed by atoms with E-state index in [0.29, 0.717) is 0 Å². The van der Waals surface area contributed by atoms with Crippen molar-refractivity contribution >= 4 is 5.82 Å². The Morgan fingerprint density at radius 2 is 1.69 bits per heavy atom. The van der Waals surface area contributed by atoms with Crippen LogP contribution in [0.3, 0.4) is 0 Å². The summed E-state index contributed by atoms with van der Waals surface area (Å²) >= 11 is 0. The van der Waals surface area contributed by atoms with Crippen molar-refractivity contribution in [3.05, 3.63) is 30.9 Å². The molecular formula is C20H28N6. The largest absolute Gasteiger partial charge is 0.356 e. The van der Waals surface area contributed by atoms with Gasteiger partial charge < -0.3 is 9.80 Å². The quantitative estimate of drug-likeness (QED) is 0.847. The van der Waals surface area contributed by atoms with Crippen LogP contribution in [0.15, 0.2) is 30.9 Å². The van der Waals surface area contributed by atoms with E-state index in [0.717, 1.165) is 42.5 Å². The number of likely N-dealkylation sites (tertiary alicyclic amines) is 1. The highest BCUT2D eigenvalue weighted by Gasteiger charge is 2.40. The van der Waals surface area contributed by atoms with Crippen molar-refractivity contribution in [3.8, 4) is 5.82 Å². The maximum atomic E-state index is 4.53. The SMILES string of the molecule is c1cnn(-c2cc(N3CC4CN(CC5CCCCC5)CC4C3)ncn2)c1. The molecule has 0 radical (unpaired) electrons. The third kappa shape index (κ3) is 3.22. The second-order valence-corrected chi connectivity index (χ2v) is 8.33. The van der Waals surface area contributed by atoms with Crippen LogP contribution in [-0.4, -0.2) is 57.4 Å². The van der Waals surface area contributed by atoms with Crippen molar-refractivity contribution in [1.82, 2.24) is 24.6 Å². The van der Waals surface area contributed by atoms with E-state index in [1.807, 2.05) is 12.3 Å². The lowest BCUT2D eigenvalue weighted by atomic mass is 9.89. The third-order valence-corrected chi connectivity index (χ3v) is 6.50. The van der Waals surface area contributed by atoms with Crippen LogP contribution in [0.5, 0.6) is 0 Å². The van der Waals surface area contributed by atoms with Gasteiger partial charge in [-0.2, -0.15) is 5.10 Å². The molecule has 2 aromatic rings. The highest BCUT2D eigenvalue weighted by atomic mass is 15.3. The summed E-state index contributed by atoms with van der Waals surface area (Å²) in [5, 5.41) is 4.28. The summed E-state index contributed by atoms with van der Waals surface area (Å²) in [4.78, 5) is 14.1. The zero-order chi connectivity index (χ0) is 17.3. The summed E-state index contributed by atoms with van der Waals surface area (Å²) in [6.07, 6.45) is 12.6. The van der Waals surface area contributed by atoms with Crippen LogP contribution in [0.25, 0.3) is 5.82 Å². The summed E-state index contributed by atoms with van der Waals surface area (Å²) in [5.41, 5.74) is 0. The molecule has 1 aliphatic carbocycles. The molecule has 0 aromatic carbocycles. The fourth-order valence-electron chi connectivity index (χ4n) is 5.20. The van der Waals surface area contributed by atoms with Gasteiger partial charge in [0.2, 0.25) is 0 Å². The fourth-order valence-corrected chi connectivity index (χ4v) is 5.20.